The predicted molar refractivity (Wildman–Crippen MR) is 48.3 cm³/mol. The number of nitrogens with zero attached hydrogens (tertiary/aromatic N) is 1. The lowest BCUT2D eigenvalue weighted by atomic mass is 10.4. The number of aromatic nitrogens is 1. The van der Waals surface area contributed by atoms with Crippen LogP contribution in [0.25, 0.3) is 0 Å². The lowest BCUT2D eigenvalue weighted by Crippen LogP contribution is -2.18. The number of carboxylic acids is 1. The van der Waals surface area contributed by atoms with Gasteiger partial charge in [0, 0.05) is 6.20 Å². The second-order valence-corrected chi connectivity index (χ2v) is 3.26. The highest BCUT2D eigenvalue weighted by Crippen LogP contribution is 2.14. The Morgan fingerprint density at radius 3 is 2.62 bits per heavy atom. The maximum atomic E-state index is 10.5. The summed E-state index contributed by atoms with van der Waals surface area (Å²) in [4.78, 5) is 21.0. The Morgan fingerprint density at radius 2 is 2.23 bits per heavy atom. The van der Waals surface area contributed by atoms with Crippen LogP contribution in [0.4, 0.5) is 0 Å². The molecular formula is C7H7BrN2O3. The summed E-state index contributed by atoms with van der Waals surface area (Å²) in [5.74, 6) is -1.56. The first-order valence-electron chi connectivity index (χ1n) is 3.38. The number of aromatic carboxylic acids is 1. The van der Waals surface area contributed by atoms with Crippen molar-refractivity contribution in [2.45, 2.75) is 6.54 Å². The van der Waals surface area contributed by atoms with Crippen LogP contribution in [0.15, 0.2) is 16.9 Å². The summed E-state index contributed by atoms with van der Waals surface area (Å²) < 4.78 is 1.94. The van der Waals surface area contributed by atoms with Gasteiger partial charge in [0.1, 0.15) is 6.54 Å². The molecule has 0 saturated carbocycles. The van der Waals surface area contributed by atoms with Gasteiger partial charge in [0.15, 0.2) is 0 Å². The molecule has 70 valence electrons. The summed E-state index contributed by atoms with van der Waals surface area (Å²) in [6.07, 6.45) is 1.34. The van der Waals surface area contributed by atoms with Crippen LogP contribution in [0, 0.1) is 0 Å². The molecule has 0 aromatic carbocycles. The Kier molecular flexibility index (Phi) is 2.72. The topological polar surface area (TPSA) is 85.3 Å². The number of hydrogen-bond acceptors (Lipinski definition) is 2. The molecule has 1 amide bonds. The minimum absolute atomic E-state index is 0.0339. The van der Waals surface area contributed by atoms with Crippen LogP contribution < -0.4 is 5.73 Å². The molecule has 1 heterocycles. The number of rotatable bonds is 3. The predicted octanol–water partition coefficient (Wildman–Crippen LogP) is 0.434. The molecule has 1 aromatic heterocycles. The molecule has 0 radical (unpaired) electrons. The summed E-state index contributed by atoms with van der Waals surface area (Å²) in [5.41, 5.74) is 5.07. The zero-order chi connectivity index (χ0) is 10.0. The smallest absolute Gasteiger partial charge is 0.337 e. The Morgan fingerprint density at radius 1 is 1.62 bits per heavy atom. The van der Waals surface area contributed by atoms with Gasteiger partial charge in [-0.05, 0) is 22.0 Å². The number of carboxylic acid groups (broad SMARTS) is 1. The Hall–Kier alpha value is -1.30. The molecule has 13 heavy (non-hydrogen) atoms. The average molecular weight is 247 g/mol. The number of nitrogens with two attached hydrogens (primary N) is 1. The van der Waals surface area contributed by atoms with Crippen LogP contribution in [-0.2, 0) is 11.3 Å². The van der Waals surface area contributed by atoms with Gasteiger partial charge in [0.2, 0.25) is 5.91 Å². The molecule has 5 nitrogen and oxygen atoms in total. The van der Waals surface area contributed by atoms with E-state index in [1.54, 1.807) is 0 Å². The molecule has 0 atom stereocenters. The minimum atomic E-state index is -1.04. The van der Waals surface area contributed by atoms with Crippen molar-refractivity contribution in [2.75, 3.05) is 0 Å². The lowest BCUT2D eigenvalue weighted by Gasteiger charge is -1.98. The first-order chi connectivity index (χ1) is 6.00. The van der Waals surface area contributed by atoms with Crippen LogP contribution in [0.2, 0.25) is 0 Å². The third-order valence-electron chi connectivity index (χ3n) is 1.42. The minimum Gasteiger partial charge on any atom is -0.478 e. The molecule has 3 N–H and O–H groups in total. The molecule has 6 heteroatoms. The Balaban J connectivity index is 2.96. The summed E-state index contributed by atoms with van der Waals surface area (Å²) in [6.45, 7) is -0.0339. The quantitative estimate of drug-likeness (QED) is 0.812. The lowest BCUT2D eigenvalue weighted by molar-refractivity contribution is -0.118. The molecule has 0 bridgehead atoms. The molecule has 1 rings (SSSR count). The summed E-state index contributed by atoms with van der Waals surface area (Å²) >= 11 is 3.11. The third kappa shape index (κ3) is 2.32. The van der Waals surface area contributed by atoms with Crippen LogP contribution >= 0.6 is 15.9 Å². The maximum Gasteiger partial charge on any atom is 0.337 e. The molecule has 0 aliphatic heterocycles. The van der Waals surface area contributed by atoms with Crippen molar-refractivity contribution in [2.24, 2.45) is 5.73 Å². The summed E-state index contributed by atoms with van der Waals surface area (Å²) in [5, 5.41) is 8.61. The highest BCUT2D eigenvalue weighted by molar-refractivity contribution is 9.10. The van der Waals surface area contributed by atoms with Gasteiger partial charge in [-0.15, -0.1) is 0 Å². The number of hydrogen-bond donors (Lipinski definition) is 2. The van der Waals surface area contributed by atoms with Gasteiger partial charge in [0.25, 0.3) is 0 Å². The fourth-order valence-electron chi connectivity index (χ4n) is 0.884. The van der Waals surface area contributed by atoms with E-state index < -0.39 is 11.9 Å². The van der Waals surface area contributed by atoms with E-state index in [4.69, 9.17) is 10.8 Å². The van der Waals surface area contributed by atoms with E-state index in [0.29, 0.717) is 4.60 Å². The van der Waals surface area contributed by atoms with Gasteiger partial charge >= 0.3 is 5.97 Å². The van der Waals surface area contributed by atoms with E-state index in [-0.39, 0.29) is 12.1 Å². The number of halogens is 1. The van der Waals surface area contributed by atoms with Crippen LogP contribution in [0.1, 0.15) is 10.4 Å². The van der Waals surface area contributed by atoms with Gasteiger partial charge in [0.05, 0.1) is 10.2 Å². The second-order valence-electron chi connectivity index (χ2n) is 2.45. The highest BCUT2D eigenvalue weighted by atomic mass is 79.9. The molecule has 0 spiro atoms. The SMILES string of the molecule is NC(=O)Cn1cc(C(=O)O)cc1Br. The number of amides is 1. The van der Waals surface area contributed by atoms with E-state index in [2.05, 4.69) is 15.9 Å². The normalized spacial score (nSPS) is 9.92. The van der Waals surface area contributed by atoms with E-state index in [1.165, 1.54) is 16.8 Å². The molecule has 0 unspecified atom stereocenters. The highest BCUT2D eigenvalue weighted by Gasteiger charge is 2.09. The van der Waals surface area contributed by atoms with E-state index in [1.807, 2.05) is 0 Å². The molecule has 1 aromatic rings. The molecule has 0 aliphatic rings. The van der Waals surface area contributed by atoms with E-state index in [9.17, 15) is 9.59 Å². The van der Waals surface area contributed by atoms with Crippen LogP contribution in [0.5, 0.6) is 0 Å². The zero-order valence-corrected chi connectivity index (χ0v) is 8.11. The second kappa shape index (κ2) is 3.61. The van der Waals surface area contributed by atoms with E-state index in [0.717, 1.165) is 0 Å². The summed E-state index contributed by atoms with van der Waals surface area (Å²) in [6, 6.07) is 1.41. The van der Waals surface area contributed by atoms with Crippen molar-refractivity contribution >= 4 is 27.8 Å². The molecular weight excluding hydrogens is 240 g/mol. The zero-order valence-electron chi connectivity index (χ0n) is 6.53. The first kappa shape index (κ1) is 9.79. The summed E-state index contributed by atoms with van der Waals surface area (Å²) in [7, 11) is 0. The monoisotopic (exact) mass is 246 g/mol. The van der Waals surface area contributed by atoms with Crippen molar-refractivity contribution in [1.82, 2.24) is 4.57 Å². The third-order valence-corrected chi connectivity index (χ3v) is 2.10. The number of carbonyl (C=O) groups excluding carboxylic acids is 1. The molecule has 0 saturated heterocycles. The van der Waals surface area contributed by atoms with Crippen LogP contribution in [-0.4, -0.2) is 21.6 Å². The Labute approximate surface area is 82.3 Å². The fraction of sp³-hybridized carbons (Fsp3) is 0.143. The maximum absolute atomic E-state index is 10.5. The van der Waals surface area contributed by atoms with Crippen molar-refractivity contribution in [3.05, 3.63) is 22.4 Å². The standard InChI is InChI=1S/C7H7BrN2O3/c8-5-1-4(7(12)13)2-10(5)3-6(9)11/h1-2H,3H2,(H2,9,11)(H,12,13). The van der Waals surface area contributed by atoms with Crippen molar-refractivity contribution < 1.29 is 14.7 Å². The van der Waals surface area contributed by atoms with Crippen molar-refractivity contribution in [3.63, 3.8) is 0 Å². The largest absolute Gasteiger partial charge is 0.478 e. The van der Waals surface area contributed by atoms with E-state index >= 15 is 0 Å². The van der Waals surface area contributed by atoms with Gasteiger partial charge in [-0.1, -0.05) is 0 Å². The van der Waals surface area contributed by atoms with Gasteiger partial charge in [-0.25, -0.2) is 4.79 Å². The number of carbonyl (C=O) groups is 2. The van der Waals surface area contributed by atoms with Gasteiger partial charge in [-0.3, -0.25) is 4.79 Å². The first-order valence-corrected chi connectivity index (χ1v) is 4.17. The molecule has 0 fully saturated rings. The fourth-order valence-corrected chi connectivity index (χ4v) is 1.36. The number of primary amides is 1. The average Bonchev–Trinajstić information content (AvgIpc) is 2.31. The molecule has 0 aliphatic carbocycles. The van der Waals surface area contributed by atoms with Crippen molar-refractivity contribution in [3.8, 4) is 0 Å². The van der Waals surface area contributed by atoms with Crippen molar-refractivity contribution in [1.29, 1.82) is 0 Å². The van der Waals surface area contributed by atoms with Crippen LogP contribution in [0.3, 0.4) is 0 Å². The van der Waals surface area contributed by atoms with Gasteiger partial charge in [-0.2, -0.15) is 0 Å². The Bertz CT molecular complexity index is 359. The van der Waals surface area contributed by atoms with Gasteiger partial charge < -0.3 is 15.4 Å².